The van der Waals surface area contributed by atoms with E-state index in [-0.39, 0.29) is 5.91 Å². The molecule has 0 unspecified atom stereocenters. The number of benzene rings is 2. The lowest BCUT2D eigenvalue weighted by molar-refractivity contribution is 0.0956. The van der Waals surface area contributed by atoms with Gasteiger partial charge in [0.25, 0.3) is 5.91 Å². The summed E-state index contributed by atoms with van der Waals surface area (Å²) in [5, 5.41) is 6.97. The monoisotopic (exact) mass is 458 g/mol. The minimum Gasteiger partial charge on any atom is -0.468 e. The summed E-state index contributed by atoms with van der Waals surface area (Å²) in [7, 11) is 0. The van der Waals surface area contributed by atoms with E-state index in [4.69, 9.17) is 4.42 Å². The zero-order valence-electron chi connectivity index (χ0n) is 18.7. The van der Waals surface area contributed by atoms with E-state index in [1.54, 1.807) is 18.0 Å². The molecule has 2 aromatic carbocycles. The SMILES string of the molecule is O=C(NCCSCc1ccco1)c1ccc2c(c1)[C@@H]1[C@H]3CC[C@@H](C3)[C@@H]1[C@@H](c1ccccc1)N2. The van der Waals surface area contributed by atoms with Gasteiger partial charge < -0.3 is 15.1 Å². The smallest absolute Gasteiger partial charge is 0.251 e. The van der Waals surface area contributed by atoms with Crippen LogP contribution in [0.3, 0.4) is 0 Å². The molecule has 2 saturated carbocycles. The van der Waals surface area contributed by atoms with Crippen molar-refractivity contribution in [1.82, 2.24) is 5.32 Å². The van der Waals surface area contributed by atoms with E-state index >= 15 is 0 Å². The average molecular weight is 459 g/mol. The van der Waals surface area contributed by atoms with Crippen molar-refractivity contribution in [2.24, 2.45) is 17.8 Å². The van der Waals surface area contributed by atoms with Gasteiger partial charge in [-0.1, -0.05) is 30.3 Å². The Labute approximate surface area is 199 Å². The first-order valence-electron chi connectivity index (χ1n) is 12.1. The van der Waals surface area contributed by atoms with E-state index < -0.39 is 0 Å². The van der Waals surface area contributed by atoms with Crippen molar-refractivity contribution in [2.75, 3.05) is 17.6 Å². The van der Waals surface area contributed by atoms with Gasteiger partial charge >= 0.3 is 0 Å². The molecule has 2 fully saturated rings. The molecule has 1 aromatic heterocycles. The fourth-order valence-electron chi connectivity index (χ4n) is 6.52. The Morgan fingerprint density at radius 2 is 1.94 bits per heavy atom. The summed E-state index contributed by atoms with van der Waals surface area (Å²) in [4.78, 5) is 12.9. The van der Waals surface area contributed by atoms with E-state index in [1.165, 1.54) is 36.1 Å². The number of thioether (sulfide) groups is 1. The molecule has 0 radical (unpaired) electrons. The lowest BCUT2D eigenvalue weighted by Crippen LogP contribution is -2.35. The van der Waals surface area contributed by atoms with Gasteiger partial charge in [-0.05, 0) is 84.4 Å². The number of amides is 1. The highest BCUT2D eigenvalue weighted by Crippen LogP contribution is 2.63. The number of fused-ring (bicyclic) bond motifs is 7. The second kappa shape index (κ2) is 8.94. The second-order valence-corrected chi connectivity index (χ2v) is 10.8. The second-order valence-electron chi connectivity index (χ2n) is 9.66. The van der Waals surface area contributed by atoms with Crippen molar-refractivity contribution < 1.29 is 9.21 Å². The quantitative estimate of drug-likeness (QED) is 0.412. The predicted molar refractivity (Wildman–Crippen MR) is 134 cm³/mol. The minimum absolute atomic E-state index is 0.0290. The van der Waals surface area contributed by atoms with Crippen LogP contribution in [0.1, 0.15) is 58.5 Å². The molecule has 0 spiro atoms. The van der Waals surface area contributed by atoms with Crippen LogP contribution >= 0.6 is 11.8 Å². The van der Waals surface area contributed by atoms with Gasteiger partial charge in [-0.2, -0.15) is 11.8 Å². The molecule has 2 heterocycles. The molecule has 0 saturated heterocycles. The van der Waals surface area contributed by atoms with Crippen molar-refractivity contribution in [3.05, 3.63) is 89.4 Å². The number of carbonyl (C=O) groups excluding carboxylic acids is 1. The number of hydrogen-bond acceptors (Lipinski definition) is 4. The summed E-state index contributed by atoms with van der Waals surface area (Å²) < 4.78 is 5.36. The maximum Gasteiger partial charge on any atom is 0.251 e. The molecule has 2 N–H and O–H groups in total. The molecule has 6 rings (SSSR count). The van der Waals surface area contributed by atoms with E-state index in [9.17, 15) is 4.79 Å². The molecular formula is C28H30N2O2S. The first-order valence-corrected chi connectivity index (χ1v) is 13.3. The van der Waals surface area contributed by atoms with Gasteiger partial charge in [-0.25, -0.2) is 0 Å². The number of anilines is 1. The fourth-order valence-corrected chi connectivity index (χ4v) is 7.28. The third-order valence-corrected chi connectivity index (χ3v) is 8.85. The molecule has 33 heavy (non-hydrogen) atoms. The van der Waals surface area contributed by atoms with Gasteiger partial charge in [0.15, 0.2) is 0 Å². The Morgan fingerprint density at radius 3 is 2.79 bits per heavy atom. The zero-order valence-corrected chi connectivity index (χ0v) is 19.5. The van der Waals surface area contributed by atoms with Crippen LogP contribution in [0.2, 0.25) is 0 Å². The van der Waals surface area contributed by atoms with E-state index in [0.717, 1.165) is 34.7 Å². The topological polar surface area (TPSA) is 54.3 Å². The molecule has 1 aliphatic heterocycles. The molecular weight excluding hydrogens is 428 g/mol. The van der Waals surface area contributed by atoms with Crippen molar-refractivity contribution in [2.45, 2.75) is 37.0 Å². The maximum atomic E-state index is 12.9. The maximum absolute atomic E-state index is 12.9. The van der Waals surface area contributed by atoms with Crippen LogP contribution in [-0.4, -0.2) is 18.2 Å². The van der Waals surface area contributed by atoms with Crippen LogP contribution in [0.25, 0.3) is 0 Å². The van der Waals surface area contributed by atoms with Gasteiger partial charge in [0, 0.05) is 23.5 Å². The Kier molecular flexibility index (Phi) is 5.67. The van der Waals surface area contributed by atoms with Gasteiger partial charge in [-0.3, -0.25) is 4.79 Å². The normalized spacial score (nSPS) is 27.0. The van der Waals surface area contributed by atoms with Gasteiger partial charge in [-0.15, -0.1) is 0 Å². The molecule has 3 aliphatic rings. The average Bonchev–Trinajstić information content (AvgIpc) is 3.62. The third-order valence-electron chi connectivity index (χ3n) is 7.86. The van der Waals surface area contributed by atoms with Crippen molar-refractivity contribution in [3.8, 4) is 0 Å². The van der Waals surface area contributed by atoms with Crippen molar-refractivity contribution in [3.63, 3.8) is 0 Å². The highest BCUT2D eigenvalue weighted by atomic mass is 32.2. The molecule has 4 nitrogen and oxygen atoms in total. The summed E-state index contributed by atoms with van der Waals surface area (Å²) >= 11 is 1.77. The molecule has 1 amide bonds. The lowest BCUT2D eigenvalue weighted by atomic mass is 9.68. The number of furan rings is 1. The summed E-state index contributed by atoms with van der Waals surface area (Å²) in [6.07, 6.45) is 5.71. The Balaban J connectivity index is 1.17. The molecule has 2 bridgehead atoms. The standard InChI is InChI=1S/C28H30N2O2S/c31-28(29-12-14-33-17-22-7-4-13-32-22)21-10-11-24-23(16-21)25-19-8-9-20(15-19)26(25)27(30-24)18-5-2-1-3-6-18/h1-7,10-11,13,16,19-20,25-27,30H,8-9,12,14-15,17H2,(H,29,31)/t19-,20-,25-,26-,27+/m0/s1. The zero-order chi connectivity index (χ0) is 22.2. The molecule has 5 atom stereocenters. The van der Waals surface area contributed by atoms with Gasteiger partial charge in [0.2, 0.25) is 0 Å². The number of carbonyl (C=O) groups is 1. The Bertz CT molecular complexity index is 1110. The van der Waals surface area contributed by atoms with Gasteiger partial charge in [0.05, 0.1) is 18.1 Å². The molecule has 3 aromatic rings. The minimum atomic E-state index is 0.0290. The summed E-state index contributed by atoms with van der Waals surface area (Å²) in [6.45, 7) is 0.659. The number of rotatable bonds is 7. The summed E-state index contributed by atoms with van der Waals surface area (Å²) in [5.74, 6) is 5.42. The van der Waals surface area contributed by atoms with Crippen molar-refractivity contribution in [1.29, 1.82) is 0 Å². The van der Waals surface area contributed by atoms with Crippen LogP contribution in [0.15, 0.2) is 71.3 Å². The fraction of sp³-hybridized carbons (Fsp3) is 0.393. The Morgan fingerprint density at radius 1 is 1.06 bits per heavy atom. The van der Waals surface area contributed by atoms with Gasteiger partial charge in [0.1, 0.15) is 5.76 Å². The van der Waals surface area contributed by atoms with E-state index in [2.05, 4.69) is 53.1 Å². The Hall–Kier alpha value is -2.66. The number of nitrogens with one attached hydrogen (secondary N) is 2. The first kappa shape index (κ1) is 20.9. The largest absolute Gasteiger partial charge is 0.468 e. The lowest BCUT2D eigenvalue weighted by Gasteiger charge is -2.43. The van der Waals surface area contributed by atoms with E-state index in [1.807, 2.05) is 18.2 Å². The van der Waals surface area contributed by atoms with E-state index in [0.29, 0.717) is 24.4 Å². The van der Waals surface area contributed by atoms with Crippen LogP contribution in [0.4, 0.5) is 5.69 Å². The molecule has 2 aliphatic carbocycles. The highest BCUT2D eigenvalue weighted by molar-refractivity contribution is 7.98. The third kappa shape index (κ3) is 3.97. The number of hydrogen-bond donors (Lipinski definition) is 2. The summed E-state index contributed by atoms with van der Waals surface area (Å²) in [6, 6.07) is 21.5. The molecule has 5 heteroatoms. The van der Waals surface area contributed by atoms with Crippen LogP contribution < -0.4 is 10.6 Å². The first-order chi connectivity index (χ1) is 16.3. The predicted octanol–water partition coefficient (Wildman–Crippen LogP) is 6.24. The van der Waals surface area contributed by atoms with Crippen molar-refractivity contribution >= 4 is 23.4 Å². The van der Waals surface area contributed by atoms with Crippen LogP contribution in [-0.2, 0) is 5.75 Å². The summed E-state index contributed by atoms with van der Waals surface area (Å²) in [5.41, 5.74) is 4.74. The van der Waals surface area contributed by atoms with Crippen LogP contribution in [0, 0.1) is 17.8 Å². The highest BCUT2D eigenvalue weighted by Gasteiger charge is 2.53. The van der Waals surface area contributed by atoms with Crippen LogP contribution in [0.5, 0.6) is 0 Å². The molecule has 170 valence electrons.